The van der Waals surface area contributed by atoms with Gasteiger partial charge in [0, 0.05) is 12.8 Å². The first-order valence-corrected chi connectivity index (χ1v) is 29.1. The van der Waals surface area contributed by atoms with Crippen molar-refractivity contribution < 1.29 is 42.9 Å². The topological polar surface area (TPSA) is 111 Å². The molecular formula is C62H109NO8. The molecule has 0 saturated carbocycles. The second-order valence-corrected chi connectivity index (χ2v) is 20.5. The van der Waals surface area contributed by atoms with Gasteiger partial charge in [0.2, 0.25) is 0 Å². The number of hydrogen-bond acceptors (Lipinski definition) is 8. The third kappa shape index (κ3) is 54.3. The van der Waals surface area contributed by atoms with Crippen molar-refractivity contribution in [3.05, 3.63) is 72.9 Å². The van der Waals surface area contributed by atoms with Gasteiger partial charge < -0.3 is 33.3 Å². The monoisotopic (exact) mass is 996 g/mol. The molecule has 0 aromatic carbocycles. The Balaban J connectivity index is 4.22. The number of allylic oxidation sites excluding steroid dienone is 12. The molecule has 2 atom stereocenters. The largest absolute Gasteiger partial charge is 0.545 e. The number of esters is 2. The summed E-state index contributed by atoms with van der Waals surface area (Å²) in [4.78, 5) is 37.3. The van der Waals surface area contributed by atoms with Crippen molar-refractivity contribution in [2.24, 2.45) is 0 Å². The highest BCUT2D eigenvalue weighted by atomic mass is 16.7. The molecule has 0 aliphatic heterocycles. The Morgan fingerprint density at radius 2 is 0.803 bits per heavy atom. The van der Waals surface area contributed by atoms with Crippen molar-refractivity contribution in [1.82, 2.24) is 0 Å². The number of ether oxygens (including phenoxy) is 4. The Morgan fingerprint density at radius 3 is 1.20 bits per heavy atom. The smallest absolute Gasteiger partial charge is 0.306 e. The van der Waals surface area contributed by atoms with Crippen molar-refractivity contribution >= 4 is 17.9 Å². The maximum Gasteiger partial charge on any atom is 0.306 e. The van der Waals surface area contributed by atoms with Crippen molar-refractivity contribution in [3.63, 3.8) is 0 Å². The van der Waals surface area contributed by atoms with Gasteiger partial charge in [-0.1, -0.05) is 222 Å². The molecule has 9 heteroatoms. The minimum Gasteiger partial charge on any atom is -0.545 e. The molecule has 0 aliphatic rings. The van der Waals surface area contributed by atoms with Gasteiger partial charge in [-0.2, -0.15) is 0 Å². The van der Waals surface area contributed by atoms with E-state index in [-0.39, 0.29) is 38.6 Å². The number of carboxylic acid groups (broad SMARTS) is 1. The lowest BCUT2D eigenvalue weighted by Gasteiger charge is -2.26. The summed E-state index contributed by atoms with van der Waals surface area (Å²) in [5.41, 5.74) is 0. The fraction of sp³-hybridized carbons (Fsp3) is 0.758. The summed E-state index contributed by atoms with van der Waals surface area (Å²) in [6.45, 7) is 4.62. The first-order valence-electron chi connectivity index (χ1n) is 29.1. The van der Waals surface area contributed by atoms with Crippen molar-refractivity contribution in [2.75, 3.05) is 47.5 Å². The molecule has 0 amide bonds. The van der Waals surface area contributed by atoms with Gasteiger partial charge >= 0.3 is 11.9 Å². The quantitative estimate of drug-likeness (QED) is 0.0195. The van der Waals surface area contributed by atoms with Gasteiger partial charge in [-0.3, -0.25) is 9.59 Å². The third-order valence-corrected chi connectivity index (χ3v) is 12.4. The number of aliphatic carboxylic acids is 1. The molecule has 0 spiro atoms. The van der Waals surface area contributed by atoms with E-state index in [9.17, 15) is 19.5 Å². The van der Waals surface area contributed by atoms with Crippen LogP contribution < -0.4 is 5.11 Å². The van der Waals surface area contributed by atoms with E-state index in [2.05, 4.69) is 86.8 Å². The molecular weight excluding hydrogens is 887 g/mol. The molecule has 0 bridgehead atoms. The van der Waals surface area contributed by atoms with Crippen LogP contribution in [0.25, 0.3) is 0 Å². The van der Waals surface area contributed by atoms with Crippen LogP contribution in [0, 0.1) is 0 Å². The summed E-state index contributed by atoms with van der Waals surface area (Å²) < 4.78 is 22.7. The summed E-state index contributed by atoms with van der Waals surface area (Å²) in [7, 11) is 5.91. The molecule has 410 valence electrons. The van der Waals surface area contributed by atoms with Crippen LogP contribution in [0.1, 0.15) is 245 Å². The van der Waals surface area contributed by atoms with Crippen LogP contribution in [0.5, 0.6) is 0 Å². The number of hydrogen-bond donors (Lipinski definition) is 0. The Labute approximate surface area is 437 Å². The zero-order valence-corrected chi connectivity index (χ0v) is 46.6. The fourth-order valence-electron chi connectivity index (χ4n) is 7.97. The zero-order valence-electron chi connectivity index (χ0n) is 46.6. The third-order valence-electron chi connectivity index (χ3n) is 12.4. The molecule has 0 saturated heterocycles. The normalized spacial score (nSPS) is 13.3. The minimum absolute atomic E-state index is 0.142. The highest BCUT2D eigenvalue weighted by Crippen LogP contribution is 2.16. The predicted octanol–water partition coefficient (Wildman–Crippen LogP) is 15.7. The van der Waals surface area contributed by atoms with Gasteiger partial charge in [0.1, 0.15) is 13.2 Å². The molecule has 0 heterocycles. The molecule has 2 unspecified atom stereocenters. The minimum atomic E-state index is -1.63. The van der Waals surface area contributed by atoms with Crippen molar-refractivity contribution in [3.8, 4) is 0 Å². The number of carboxylic acids is 1. The van der Waals surface area contributed by atoms with Crippen LogP contribution >= 0.6 is 0 Å². The zero-order chi connectivity index (χ0) is 52.0. The van der Waals surface area contributed by atoms with Crippen LogP contribution in [-0.2, 0) is 33.3 Å². The number of nitrogens with zero attached hydrogens (tertiary/aromatic N) is 1. The first-order chi connectivity index (χ1) is 34.6. The fourth-order valence-corrected chi connectivity index (χ4v) is 7.97. The van der Waals surface area contributed by atoms with Gasteiger partial charge in [0.05, 0.1) is 40.3 Å². The van der Waals surface area contributed by atoms with E-state index in [4.69, 9.17) is 18.9 Å². The SMILES string of the molecule is CC/C=C\C/C=C\C/C=C\C/C=C\CCCCCCCCC(=O)OC(COC(=O)CCCCCCCCCCCCCCCCC/C=C\C/C=C\CCCCCCC)COC(OCC[N+](C)(C)C)C(=O)[O-]. The molecule has 0 radical (unpaired) electrons. The van der Waals surface area contributed by atoms with Gasteiger partial charge in [0.25, 0.3) is 0 Å². The van der Waals surface area contributed by atoms with E-state index in [1.54, 1.807) is 0 Å². The Bertz CT molecular complexity index is 1390. The summed E-state index contributed by atoms with van der Waals surface area (Å²) in [5, 5.41) is 11.8. The number of rotatable bonds is 53. The average molecular weight is 997 g/mol. The summed E-state index contributed by atoms with van der Waals surface area (Å²) >= 11 is 0. The molecule has 0 rings (SSSR count). The highest BCUT2D eigenvalue weighted by Gasteiger charge is 2.22. The standard InChI is InChI=1S/C62H109NO8/c1-6-8-10-12-14-16-18-20-22-24-26-27-28-29-30-31-32-33-35-36-38-40-42-44-46-48-50-52-59(64)69-56-58(57-70-62(61(66)67)68-55-54-63(3,4)5)71-60(65)53-51-49-47-45-43-41-39-37-34-25-23-21-19-17-15-13-11-9-7-2/h9,11,15,17-18,20-21,23-24,26,34,37,58,62H,6-8,10,12-14,16,19,22,25,27-33,35-36,38-57H2,1-5H3/b11-9-,17-15-,20-18-,23-21-,26-24-,37-34-. The molecule has 0 fully saturated rings. The second-order valence-electron chi connectivity index (χ2n) is 20.5. The lowest BCUT2D eigenvalue weighted by atomic mass is 10.0. The van der Waals surface area contributed by atoms with Crippen molar-refractivity contribution in [1.29, 1.82) is 0 Å². The van der Waals surface area contributed by atoms with E-state index in [1.807, 2.05) is 21.1 Å². The molecule has 0 aliphatic carbocycles. The van der Waals surface area contributed by atoms with Crippen molar-refractivity contribution in [2.45, 2.75) is 257 Å². The van der Waals surface area contributed by atoms with E-state index in [0.29, 0.717) is 17.4 Å². The number of likely N-dealkylation sites (N-methyl/N-ethyl adjacent to an activating group) is 1. The van der Waals surface area contributed by atoms with E-state index < -0.39 is 24.3 Å². The number of carbonyl (C=O) groups excluding carboxylic acids is 3. The second kappa shape index (κ2) is 53.0. The van der Waals surface area contributed by atoms with Crippen LogP contribution in [0.4, 0.5) is 0 Å². The molecule has 0 aromatic heterocycles. The van der Waals surface area contributed by atoms with Gasteiger partial charge in [0.15, 0.2) is 12.4 Å². The summed E-state index contributed by atoms with van der Waals surface area (Å²) in [6, 6.07) is 0. The molecule has 9 nitrogen and oxygen atoms in total. The summed E-state index contributed by atoms with van der Waals surface area (Å²) in [6.07, 6.45) is 65.2. The molecule has 0 N–H and O–H groups in total. The Hall–Kier alpha value is -3.27. The van der Waals surface area contributed by atoms with Crippen LogP contribution in [0.2, 0.25) is 0 Å². The molecule has 0 aromatic rings. The summed E-state index contributed by atoms with van der Waals surface area (Å²) in [5.74, 6) is -2.30. The average Bonchev–Trinajstić information content (AvgIpc) is 3.34. The lowest BCUT2D eigenvalue weighted by Crippen LogP contribution is -2.44. The maximum absolute atomic E-state index is 12.8. The predicted molar refractivity (Wildman–Crippen MR) is 297 cm³/mol. The van der Waals surface area contributed by atoms with Gasteiger partial charge in [-0.25, -0.2) is 0 Å². The van der Waals surface area contributed by atoms with E-state index >= 15 is 0 Å². The Kier molecular flexibility index (Phi) is 50.6. The first kappa shape index (κ1) is 67.7. The van der Waals surface area contributed by atoms with Crippen LogP contribution in [0.3, 0.4) is 0 Å². The molecule has 71 heavy (non-hydrogen) atoms. The van der Waals surface area contributed by atoms with Crippen LogP contribution in [-0.4, -0.2) is 82.3 Å². The maximum atomic E-state index is 12.8. The number of unbranched alkanes of at least 4 members (excludes halogenated alkanes) is 26. The highest BCUT2D eigenvalue weighted by molar-refractivity contribution is 5.70. The van der Waals surface area contributed by atoms with Crippen LogP contribution in [0.15, 0.2) is 72.9 Å². The van der Waals surface area contributed by atoms with Gasteiger partial charge in [-0.05, 0) is 83.5 Å². The van der Waals surface area contributed by atoms with E-state index in [1.165, 1.54) is 122 Å². The Morgan fingerprint density at radius 1 is 0.437 bits per heavy atom. The van der Waals surface area contributed by atoms with E-state index in [0.717, 1.165) is 89.9 Å². The van der Waals surface area contributed by atoms with Gasteiger partial charge in [-0.15, -0.1) is 0 Å². The number of carbonyl (C=O) groups is 3. The lowest BCUT2D eigenvalue weighted by molar-refractivity contribution is -0.870. The number of quaternary nitrogens is 1.